The molecule has 132 valence electrons. The highest BCUT2D eigenvalue weighted by Gasteiger charge is 2.33. The van der Waals surface area contributed by atoms with Crippen molar-refractivity contribution in [2.45, 2.75) is 25.9 Å². The Kier molecular flexibility index (Phi) is 5.08. The van der Waals surface area contributed by atoms with Crippen molar-refractivity contribution < 1.29 is 17.4 Å². The van der Waals surface area contributed by atoms with Gasteiger partial charge in [0.2, 0.25) is 5.91 Å². The average molecular weight is 359 g/mol. The number of carbonyl (C=O) groups excluding carboxylic acids is 1. The molecule has 0 aliphatic heterocycles. The summed E-state index contributed by atoms with van der Waals surface area (Å²) in [5.41, 5.74) is 2.03. The van der Waals surface area contributed by atoms with E-state index >= 15 is 0 Å². The standard InChI is InChI=1S/C19H21NO4S/c1-25(22,23)24-18-11-7-16(8-12-18)14-20(19(21)17-9-10-17)13-15-5-3-2-4-6-15/h2-8,11-12,17H,9-10,13-14H2,1H3. The summed E-state index contributed by atoms with van der Waals surface area (Å²) in [4.78, 5) is 14.5. The molecular weight excluding hydrogens is 338 g/mol. The first kappa shape index (κ1) is 17.5. The molecule has 5 nitrogen and oxygen atoms in total. The molecule has 1 aliphatic rings. The summed E-state index contributed by atoms with van der Waals surface area (Å²) in [5.74, 6) is 0.603. The summed E-state index contributed by atoms with van der Waals surface area (Å²) in [6, 6.07) is 16.7. The highest BCUT2D eigenvalue weighted by atomic mass is 32.2. The Morgan fingerprint density at radius 1 is 1.00 bits per heavy atom. The van der Waals surface area contributed by atoms with E-state index in [-0.39, 0.29) is 17.6 Å². The zero-order valence-electron chi connectivity index (χ0n) is 14.1. The van der Waals surface area contributed by atoms with E-state index in [1.165, 1.54) is 0 Å². The molecule has 0 N–H and O–H groups in total. The largest absolute Gasteiger partial charge is 0.383 e. The molecule has 1 aliphatic carbocycles. The summed E-state index contributed by atoms with van der Waals surface area (Å²) in [5, 5.41) is 0. The van der Waals surface area contributed by atoms with Crippen molar-refractivity contribution >= 4 is 16.0 Å². The number of benzene rings is 2. The van der Waals surface area contributed by atoms with Gasteiger partial charge in [-0.15, -0.1) is 0 Å². The van der Waals surface area contributed by atoms with Gasteiger partial charge in [0.15, 0.2) is 0 Å². The number of rotatable bonds is 7. The average Bonchev–Trinajstić information content (AvgIpc) is 3.40. The molecule has 6 heteroatoms. The van der Waals surface area contributed by atoms with Crippen molar-refractivity contribution in [1.82, 2.24) is 4.90 Å². The van der Waals surface area contributed by atoms with E-state index in [4.69, 9.17) is 4.18 Å². The van der Waals surface area contributed by atoms with Crippen molar-refractivity contribution in [2.24, 2.45) is 5.92 Å². The summed E-state index contributed by atoms with van der Waals surface area (Å²) in [6.45, 7) is 1.06. The molecule has 0 unspecified atom stereocenters. The van der Waals surface area contributed by atoms with E-state index < -0.39 is 10.1 Å². The van der Waals surface area contributed by atoms with Gasteiger partial charge in [0.25, 0.3) is 0 Å². The van der Waals surface area contributed by atoms with E-state index in [2.05, 4.69) is 0 Å². The fourth-order valence-corrected chi connectivity index (χ4v) is 3.11. The van der Waals surface area contributed by atoms with Crippen LogP contribution in [0.15, 0.2) is 54.6 Å². The quantitative estimate of drug-likeness (QED) is 0.713. The van der Waals surface area contributed by atoms with Crippen LogP contribution >= 0.6 is 0 Å². The lowest BCUT2D eigenvalue weighted by Gasteiger charge is -2.23. The molecule has 0 radical (unpaired) electrons. The second-order valence-electron chi connectivity index (χ2n) is 6.39. The molecule has 25 heavy (non-hydrogen) atoms. The van der Waals surface area contributed by atoms with E-state index in [0.29, 0.717) is 13.1 Å². The van der Waals surface area contributed by atoms with Gasteiger partial charge in [-0.1, -0.05) is 42.5 Å². The SMILES string of the molecule is CS(=O)(=O)Oc1ccc(CN(Cc2ccccc2)C(=O)C2CC2)cc1. The molecule has 1 saturated carbocycles. The maximum atomic E-state index is 12.6. The first-order chi connectivity index (χ1) is 11.9. The van der Waals surface area contributed by atoms with Crippen LogP contribution in [0.2, 0.25) is 0 Å². The Bertz CT molecular complexity index is 827. The number of nitrogens with zero attached hydrogens (tertiary/aromatic N) is 1. The van der Waals surface area contributed by atoms with Crippen molar-refractivity contribution in [3.8, 4) is 5.75 Å². The predicted octanol–water partition coefficient (Wildman–Crippen LogP) is 2.96. The Labute approximate surface area is 148 Å². The monoisotopic (exact) mass is 359 g/mol. The lowest BCUT2D eigenvalue weighted by molar-refractivity contribution is -0.133. The minimum atomic E-state index is -3.53. The third-order valence-electron chi connectivity index (χ3n) is 4.00. The lowest BCUT2D eigenvalue weighted by Crippen LogP contribution is -2.31. The molecule has 0 bridgehead atoms. The number of amides is 1. The van der Waals surface area contributed by atoms with Gasteiger partial charge < -0.3 is 9.08 Å². The number of carbonyl (C=O) groups is 1. The molecule has 0 aromatic heterocycles. The molecule has 2 aromatic carbocycles. The van der Waals surface area contributed by atoms with Crippen molar-refractivity contribution in [2.75, 3.05) is 6.26 Å². The van der Waals surface area contributed by atoms with Crippen molar-refractivity contribution in [1.29, 1.82) is 0 Å². The topological polar surface area (TPSA) is 63.7 Å². The van der Waals surface area contributed by atoms with E-state index in [0.717, 1.165) is 30.2 Å². The smallest absolute Gasteiger partial charge is 0.306 e. The third kappa shape index (κ3) is 5.32. The molecule has 0 saturated heterocycles. The van der Waals surface area contributed by atoms with Crippen LogP contribution in [0, 0.1) is 5.92 Å². The fourth-order valence-electron chi connectivity index (χ4n) is 2.65. The molecular formula is C19H21NO4S. The minimum Gasteiger partial charge on any atom is -0.383 e. The molecule has 0 atom stereocenters. The zero-order valence-corrected chi connectivity index (χ0v) is 14.9. The Morgan fingerprint density at radius 3 is 2.08 bits per heavy atom. The fraction of sp³-hybridized carbons (Fsp3) is 0.316. The Balaban J connectivity index is 1.72. The first-order valence-electron chi connectivity index (χ1n) is 8.22. The molecule has 1 fully saturated rings. The van der Waals surface area contributed by atoms with Crippen molar-refractivity contribution in [3.05, 3.63) is 65.7 Å². The lowest BCUT2D eigenvalue weighted by atomic mass is 10.1. The van der Waals surface area contributed by atoms with Crippen LogP contribution in [-0.2, 0) is 28.0 Å². The van der Waals surface area contributed by atoms with Crippen LogP contribution in [0.25, 0.3) is 0 Å². The van der Waals surface area contributed by atoms with E-state index in [9.17, 15) is 13.2 Å². The first-order valence-corrected chi connectivity index (χ1v) is 10.0. The van der Waals surface area contributed by atoms with Gasteiger partial charge in [0, 0.05) is 19.0 Å². The second kappa shape index (κ2) is 7.27. The summed E-state index contributed by atoms with van der Waals surface area (Å²) in [7, 11) is -3.53. The molecule has 1 amide bonds. The third-order valence-corrected chi connectivity index (χ3v) is 4.49. The predicted molar refractivity (Wildman–Crippen MR) is 95.3 cm³/mol. The maximum Gasteiger partial charge on any atom is 0.306 e. The maximum absolute atomic E-state index is 12.6. The van der Waals surface area contributed by atoms with Crippen LogP contribution in [0.5, 0.6) is 5.75 Å². The van der Waals surface area contributed by atoms with Gasteiger partial charge in [-0.3, -0.25) is 4.79 Å². The number of hydrogen-bond donors (Lipinski definition) is 0. The van der Waals surface area contributed by atoms with Gasteiger partial charge in [-0.2, -0.15) is 8.42 Å². The van der Waals surface area contributed by atoms with Crippen LogP contribution in [0.1, 0.15) is 24.0 Å². The van der Waals surface area contributed by atoms with Crippen molar-refractivity contribution in [3.63, 3.8) is 0 Å². The van der Waals surface area contributed by atoms with Crippen LogP contribution < -0.4 is 4.18 Å². The van der Waals surface area contributed by atoms with Gasteiger partial charge in [0.1, 0.15) is 5.75 Å². The van der Waals surface area contributed by atoms with Crippen LogP contribution in [-0.4, -0.2) is 25.5 Å². The minimum absolute atomic E-state index is 0.150. The highest BCUT2D eigenvalue weighted by molar-refractivity contribution is 7.86. The van der Waals surface area contributed by atoms with Crippen LogP contribution in [0.3, 0.4) is 0 Å². The Morgan fingerprint density at radius 2 is 1.56 bits per heavy atom. The highest BCUT2D eigenvalue weighted by Crippen LogP contribution is 2.32. The van der Waals surface area contributed by atoms with Gasteiger partial charge in [0.05, 0.1) is 6.26 Å². The summed E-state index contributed by atoms with van der Waals surface area (Å²) >= 11 is 0. The van der Waals surface area contributed by atoms with Crippen LogP contribution in [0.4, 0.5) is 0 Å². The Hall–Kier alpha value is -2.34. The molecule has 3 rings (SSSR count). The second-order valence-corrected chi connectivity index (χ2v) is 7.96. The molecule has 0 spiro atoms. The van der Waals surface area contributed by atoms with Gasteiger partial charge >= 0.3 is 10.1 Å². The van der Waals surface area contributed by atoms with Gasteiger partial charge in [-0.05, 0) is 36.1 Å². The van der Waals surface area contributed by atoms with E-state index in [1.807, 2.05) is 35.2 Å². The zero-order chi connectivity index (χ0) is 17.9. The summed E-state index contributed by atoms with van der Waals surface area (Å²) < 4.78 is 27.2. The number of hydrogen-bond acceptors (Lipinski definition) is 4. The van der Waals surface area contributed by atoms with Gasteiger partial charge in [-0.25, -0.2) is 0 Å². The molecule has 0 heterocycles. The normalized spacial score (nSPS) is 14.1. The van der Waals surface area contributed by atoms with E-state index in [1.54, 1.807) is 24.3 Å². The summed E-state index contributed by atoms with van der Waals surface area (Å²) in [6.07, 6.45) is 2.94. The molecule has 2 aromatic rings.